The van der Waals surface area contributed by atoms with E-state index in [1.54, 1.807) is 31.0 Å². The van der Waals surface area contributed by atoms with Crippen molar-refractivity contribution in [1.29, 1.82) is 0 Å². The molecule has 1 aliphatic rings. The molecule has 6 nitrogen and oxygen atoms in total. The Kier molecular flexibility index (Phi) is 4.08. The number of aromatic nitrogens is 4. The van der Waals surface area contributed by atoms with E-state index in [1.807, 2.05) is 4.68 Å². The second kappa shape index (κ2) is 6.52. The van der Waals surface area contributed by atoms with Gasteiger partial charge in [-0.1, -0.05) is 0 Å². The van der Waals surface area contributed by atoms with E-state index in [0.29, 0.717) is 24.2 Å². The summed E-state index contributed by atoms with van der Waals surface area (Å²) in [6.07, 6.45) is 7.29. The molecule has 0 bridgehead atoms. The first-order valence-electron chi connectivity index (χ1n) is 8.05. The van der Waals surface area contributed by atoms with Crippen LogP contribution in [0.15, 0.2) is 47.5 Å². The van der Waals surface area contributed by atoms with Crippen LogP contribution in [0.4, 0.5) is 4.39 Å². The van der Waals surface area contributed by atoms with E-state index >= 15 is 0 Å². The summed E-state index contributed by atoms with van der Waals surface area (Å²) in [7, 11) is 0. The third-order valence-corrected chi connectivity index (χ3v) is 4.38. The lowest BCUT2D eigenvalue weighted by Crippen LogP contribution is -2.32. The maximum Gasteiger partial charge on any atom is 0.209 e. The zero-order valence-electron chi connectivity index (χ0n) is 13.2. The first-order chi connectivity index (χ1) is 11.8. The molecule has 0 unspecified atom stereocenters. The Morgan fingerprint density at radius 1 is 1.25 bits per heavy atom. The van der Waals surface area contributed by atoms with E-state index in [4.69, 9.17) is 4.42 Å². The van der Waals surface area contributed by atoms with Crippen molar-refractivity contribution in [2.45, 2.75) is 32.0 Å². The van der Waals surface area contributed by atoms with E-state index in [1.165, 1.54) is 12.1 Å². The average Bonchev–Trinajstić information content (AvgIpc) is 3.32. The molecule has 1 atom stereocenters. The number of oxazole rings is 1. The molecular formula is C17H18FN5O. The molecule has 1 fully saturated rings. The van der Waals surface area contributed by atoms with Gasteiger partial charge in [-0.05, 0) is 43.7 Å². The molecule has 3 heterocycles. The molecule has 1 aliphatic heterocycles. The molecule has 1 aromatic carbocycles. The van der Waals surface area contributed by atoms with Crippen molar-refractivity contribution in [3.63, 3.8) is 0 Å². The summed E-state index contributed by atoms with van der Waals surface area (Å²) < 4.78 is 20.7. The normalized spacial score (nSPS) is 18.3. The highest BCUT2D eigenvalue weighted by Gasteiger charge is 2.26. The number of halogens is 1. The minimum atomic E-state index is -0.258. The Morgan fingerprint density at radius 2 is 2.12 bits per heavy atom. The summed E-state index contributed by atoms with van der Waals surface area (Å²) in [4.78, 5) is 10.7. The number of hydrogen-bond acceptors (Lipinski definition) is 5. The molecule has 0 amide bonds. The van der Waals surface area contributed by atoms with Gasteiger partial charge in [0.2, 0.25) is 5.89 Å². The molecular weight excluding hydrogens is 309 g/mol. The highest BCUT2D eigenvalue weighted by atomic mass is 19.1. The van der Waals surface area contributed by atoms with Crippen molar-refractivity contribution in [3.05, 3.63) is 54.8 Å². The second-order valence-electron chi connectivity index (χ2n) is 6.01. The van der Waals surface area contributed by atoms with Crippen molar-refractivity contribution in [1.82, 2.24) is 24.6 Å². The Hall–Kier alpha value is -2.54. The third kappa shape index (κ3) is 3.21. The van der Waals surface area contributed by atoms with Gasteiger partial charge in [-0.25, -0.2) is 14.4 Å². The second-order valence-corrected chi connectivity index (χ2v) is 6.01. The van der Waals surface area contributed by atoms with Crippen molar-refractivity contribution in [2.75, 3.05) is 6.54 Å². The Bertz CT molecular complexity index is 784. The van der Waals surface area contributed by atoms with Gasteiger partial charge in [-0.3, -0.25) is 9.58 Å². The molecule has 124 valence electrons. The molecule has 0 spiro atoms. The highest BCUT2D eigenvalue weighted by molar-refractivity contribution is 5.55. The minimum Gasteiger partial charge on any atom is -0.439 e. The van der Waals surface area contributed by atoms with E-state index in [0.717, 1.165) is 31.5 Å². The minimum absolute atomic E-state index is 0.258. The number of nitrogens with zero attached hydrogens (tertiary/aromatic N) is 5. The fourth-order valence-corrected chi connectivity index (χ4v) is 3.16. The van der Waals surface area contributed by atoms with Gasteiger partial charge in [0, 0.05) is 11.6 Å². The predicted molar refractivity (Wildman–Crippen MR) is 85.4 cm³/mol. The zero-order valence-corrected chi connectivity index (χ0v) is 13.2. The van der Waals surface area contributed by atoms with Crippen LogP contribution < -0.4 is 0 Å². The van der Waals surface area contributed by atoms with Gasteiger partial charge in [-0.15, -0.1) is 0 Å². The van der Waals surface area contributed by atoms with Crippen LogP contribution >= 0.6 is 0 Å². The average molecular weight is 327 g/mol. The quantitative estimate of drug-likeness (QED) is 0.721. The van der Waals surface area contributed by atoms with E-state index in [2.05, 4.69) is 20.0 Å². The topological polar surface area (TPSA) is 60.0 Å². The lowest BCUT2D eigenvalue weighted by atomic mass is 10.2. The van der Waals surface area contributed by atoms with Gasteiger partial charge in [0.1, 0.15) is 18.5 Å². The van der Waals surface area contributed by atoms with Crippen LogP contribution in [0.3, 0.4) is 0 Å². The monoisotopic (exact) mass is 327 g/mol. The Morgan fingerprint density at radius 3 is 2.92 bits per heavy atom. The van der Waals surface area contributed by atoms with Crippen LogP contribution in [0.25, 0.3) is 11.3 Å². The predicted octanol–water partition coefficient (Wildman–Crippen LogP) is 2.74. The SMILES string of the molecule is Fc1ccc(-c2cnc(CN3CCC[C@@H]3Cn3cncn3)o2)cc1. The molecule has 3 aromatic rings. The van der Waals surface area contributed by atoms with Crippen LogP contribution in [0.2, 0.25) is 0 Å². The summed E-state index contributed by atoms with van der Waals surface area (Å²) in [5, 5.41) is 4.18. The molecule has 0 N–H and O–H groups in total. The van der Waals surface area contributed by atoms with Gasteiger partial charge < -0.3 is 4.42 Å². The molecule has 0 aliphatic carbocycles. The Labute approximate surface area is 138 Å². The van der Waals surface area contributed by atoms with Crippen LogP contribution in [0, 0.1) is 5.82 Å². The summed E-state index contributed by atoms with van der Waals surface area (Å²) >= 11 is 0. The summed E-state index contributed by atoms with van der Waals surface area (Å²) in [5.41, 5.74) is 0.829. The number of rotatable bonds is 5. The summed E-state index contributed by atoms with van der Waals surface area (Å²) in [6.45, 7) is 2.51. The molecule has 0 saturated carbocycles. The van der Waals surface area contributed by atoms with Gasteiger partial charge in [0.05, 0.1) is 19.3 Å². The van der Waals surface area contributed by atoms with E-state index in [-0.39, 0.29) is 5.82 Å². The van der Waals surface area contributed by atoms with Crippen molar-refractivity contribution < 1.29 is 8.81 Å². The largest absolute Gasteiger partial charge is 0.439 e. The van der Waals surface area contributed by atoms with Gasteiger partial charge >= 0.3 is 0 Å². The molecule has 24 heavy (non-hydrogen) atoms. The Balaban J connectivity index is 1.44. The summed E-state index contributed by atoms with van der Waals surface area (Å²) in [5.74, 6) is 1.09. The number of benzene rings is 1. The van der Waals surface area contributed by atoms with Crippen LogP contribution in [0.5, 0.6) is 0 Å². The molecule has 7 heteroatoms. The maximum absolute atomic E-state index is 13.0. The molecule has 2 aromatic heterocycles. The molecule has 0 radical (unpaired) electrons. The van der Waals surface area contributed by atoms with Crippen molar-refractivity contribution in [3.8, 4) is 11.3 Å². The third-order valence-electron chi connectivity index (χ3n) is 4.38. The maximum atomic E-state index is 13.0. The van der Waals surface area contributed by atoms with Crippen LogP contribution in [-0.4, -0.2) is 37.2 Å². The molecule has 1 saturated heterocycles. The van der Waals surface area contributed by atoms with Crippen LogP contribution in [-0.2, 0) is 13.1 Å². The molecule has 4 rings (SSSR count). The van der Waals surface area contributed by atoms with Gasteiger partial charge in [-0.2, -0.15) is 5.10 Å². The van der Waals surface area contributed by atoms with Crippen LogP contribution in [0.1, 0.15) is 18.7 Å². The summed E-state index contributed by atoms with van der Waals surface area (Å²) in [6, 6.07) is 6.65. The fraction of sp³-hybridized carbons (Fsp3) is 0.353. The van der Waals surface area contributed by atoms with Gasteiger partial charge in [0.15, 0.2) is 5.76 Å². The fourth-order valence-electron chi connectivity index (χ4n) is 3.16. The number of likely N-dealkylation sites (tertiary alicyclic amines) is 1. The van der Waals surface area contributed by atoms with Crippen molar-refractivity contribution in [2.24, 2.45) is 0 Å². The van der Waals surface area contributed by atoms with Crippen molar-refractivity contribution >= 4 is 0 Å². The standard InChI is InChI=1S/C17H18FN5O/c18-14-5-3-13(4-6-14)16-8-20-17(24-16)10-22-7-1-2-15(22)9-23-12-19-11-21-23/h3-6,8,11-12,15H,1-2,7,9-10H2/t15-/m1/s1. The van der Waals surface area contributed by atoms with E-state index in [9.17, 15) is 4.39 Å². The number of hydrogen-bond donors (Lipinski definition) is 0. The highest BCUT2D eigenvalue weighted by Crippen LogP contribution is 2.24. The lowest BCUT2D eigenvalue weighted by Gasteiger charge is -2.22. The lowest BCUT2D eigenvalue weighted by molar-refractivity contribution is 0.200. The smallest absolute Gasteiger partial charge is 0.209 e. The first kappa shape index (κ1) is 15.0. The zero-order chi connectivity index (χ0) is 16.4. The van der Waals surface area contributed by atoms with E-state index < -0.39 is 0 Å². The van der Waals surface area contributed by atoms with Gasteiger partial charge in [0.25, 0.3) is 0 Å². The first-order valence-corrected chi connectivity index (χ1v) is 8.05.